The fraction of sp³-hybridized carbons (Fsp3) is 0.130. The first-order valence-corrected chi connectivity index (χ1v) is 17.4. The van der Waals surface area contributed by atoms with E-state index in [-0.39, 0.29) is 6.71 Å². The molecule has 0 aliphatic rings. The number of aromatic nitrogens is 2. The van der Waals surface area contributed by atoms with Crippen molar-refractivity contribution in [2.75, 3.05) is 4.90 Å². The number of nitrogens with zero attached hydrogens (tertiary/aromatic N) is 3. The lowest BCUT2D eigenvalue weighted by Gasteiger charge is -2.27. The average Bonchev–Trinajstić information content (AvgIpc) is 3.12. The first-order chi connectivity index (χ1) is 24.3. The maximum Gasteiger partial charge on any atom is 0.242 e. The third-order valence-electron chi connectivity index (χ3n) is 9.68. The molecule has 0 fully saturated rings. The minimum absolute atomic E-state index is 0.0952. The monoisotopic (exact) mass is 647 g/mol. The van der Waals surface area contributed by atoms with Crippen molar-refractivity contribution in [3.05, 3.63) is 179 Å². The molecule has 0 amide bonds. The summed E-state index contributed by atoms with van der Waals surface area (Å²) >= 11 is 0. The minimum Gasteiger partial charge on any atom is -0.279 e. The summed E-state index contributed by atoms with van der Waals surface area (Å²) in [6, 6.07) is 48.1. The van der Waals surface area contributed by atoms with E-state index in [1.54, 1.807) is 0 Å². The number of rotatable bonds is 8. The van der Waals surface area contributed by atoms with Crippen LogP contribution in [-0.4, -0.2) is 16.7 Å². The second-order valence-electron chi connectivity index (χ2n) is 13.5. The van der Waals surface area contributed by atoms with E-state index in [1.807, 2.05) is 18.5 Å². The largest absolute Gasteiger partial charge is 0.279 e. The van der Waals surface area contributed by atoms with Gasteiger partial charge in [-0.15, -0.1) is 0 Å². The van der Waals surface area contributed by atoms with Gasteiger partial charge in [0.05, 0.1) is 5.69 Å². The summed E-state index contributed by atoms with van der Waals surface area (Å²) in [5.41, 5.74) is 18.5. The zero-order valence-corrected chi connectivity index (χ0v) is 29.8. The molecule has 0 atom stereocenters. The first kappa shape index (κ1) is 32.8. The normalized spacial score (nSPS) is 11.0. The van der Waals surface area contributed by atoms with Crippen LogP contribution in [0, 0.1) is 41.5 Å². The smallest absolute Gasteiger partial charge is 0.242 e. The Bertz CT molecular complexity index is 2100. The van der Waals surface area contributed by atoms with Gasteiger partial charge in [-0.3, -0.25) is 4.90 Å². The summed E-state index contributed by atoms with van der Waals surface area (Å²) < 4.78 is 0. The molecule has 6 aromatic carbocycles. The van der Waals surface area contributed by atoms with E-state index in [4.69, 9.17) is 9.97 Å². The molecule has 4 heteroatoms. The highest BCUT2D eigenvalue weighted by Crippen LogP contribution is 2.38. The van der Waals surface area contributed by atoms with E-state index >= 15 is 0 Å². The van der Waals surface area contributed by atoms with Gasteiger partial charge >= 0.3 is 0 Å². The molecule has 0 spiro atoms. The standard InChI is InChI=1S/C46H42BN3/c1-31-24-33(3)44(34(4)25-31)47(45-35(5)26-32(2)27-36(45)6)41-18-20-42(21-19-41)50(46-48-22-13-23-49-46)43-29-39(37-14-9-7-10-15-37)28-40(30-43)38-16-11-8-12-17-38/h7-30H,1-6H3. The van der Waals surface area contributed by atoms with Gasteiger partial charge in [0.1, 0.15) is 0 Å². The van der Waals surface area contributed by atoms with Crippen LogP contribution in [0.4, 0.5) is 17.3 Å². The van der Waals surface area contributed by atoms with Crippen molar-refractivity contribution in [3.63, 3.8) is 0 Å². The molecule has 244 valence electrons. The third-order valence-corrected chi connectivity index (χ3v) is 9.68. The average molecular weight is 648 g/mol. The van der Waals surface area contributed by atoms with Crippen molar-refractivity contribution in [1.29, 1.82) is 0 Å². The Balaban J connectivity index is 1.41. The second kappa shape index (κ2) is 14.0. The van der Waals surface area contributed by atoms with E-state index in [0.29, 0.717) is 5.95 Å². The molecule has 3 nitrogen and oxygen atoms in total. The summed E-state index contributed by atoms with van der Waals surface area (Å²) in [6.07, 6.45) is 3.62. The lowest BCUT2D eigenvalue weighted by Crippen LogP contribution is -2.55. The summed E-state index contributed by atoms with van der Waals surface area (Å²) in [5.74, 6) is 0.622. The zero-order valence-electron chi connectivity index (χ0n) is 29.8. The lowest BCUT2D eigenvalue weighted by atomic mass is 9.34. The third kappa shape index (κ3) is 6.62. The molecular weight excluding hydrogens is 605 g/mol. The van der Waals surface area contributed by atoms with Crippen LogP contribution in [0.3, 0.4) is 0 Å². The molecule has 50 heavy (non-hydrogen) atoms. The Labute approximate surface area is 297 Å². The predicted molar refractivity (Wildman–Crippen MR) is 214 cm³/mol. The van der Waals surface area contributed by atoms with Crippen LogP contribution in [0.15, 0.2) is 146 Å². The Morgan fingerprint density at radius 2 is 0.860 bits per heavy atom. The van der Waals surface area contributed by atoms with Crippen molar-refractivity contribution >= 4 is 40.4 Å². The molecular formula is C46H42BN3. The Kier molecular flexibility index (Phi) is 9.19. The van der Waals surface area contributed by atoms with E-state index in [9.17, 15) is 0 Å². The number of benzene rings is 6. The van der Waals surface area contributed by atoms with Crippen molar-refractivity contribution in [1.82, 2.24) is 9.97 Å². The second-order valence-corrected chi connectivity index (χ2v) is 13.5. The molecule has 7 aromatic rings. The topological polar surface area (TPSA) is 29.0 Å². The minimum atomic E-state index is 0.0952. The summed E-state index contributed by atoms with van der Waals surface area (Å²) in [4.78, 5) is 11.7. The van der Waals surface area contributed by atoms with Crippen LogP contribution in [0.2, 0.25) is 0 Å². The van der Waals surface area contributed by atoms with Crippen LogP contribution >= 0.6 is 0 Å². The highest BCUT2D eigenvalue weighted by Gasteiger charge is 2.29. The van der Waals surface area contributed by atoms with Gasteiger partial charge in [-0.25, -0.2) is 9.97 Å². The molecule has 0 bridgehead atoms. The van der Waals surface area contributed by atoms with E-state index in [0.717, 1.165) is 33.6 Å². The van der Waals surface area contributed by atoms with Gasteiger partial charge in [-0.2, -0.15) is 0 Å². The van der Waals surface area contributed by atoms with Crippen molar-refractivity contribution in [2.45, 2.75) is 41.5 Å². The summed E-state index contributed by atoms with van der Waals surface area (Å²) in [5, 5.41) is 0. The molecule has 0 aliphatic heterocycles. The summed E-state index contributed by atoms with van der Waals surface area (Å²) in [6.45, 7) is 13.5. The van der Waals surface area contributed by atoms with Gasteiger partial charge in [-0.05, 0) is 100 Å². The highest BCUT2D eigenvalue weighted by atomic mass is 15.3. The molecule has 0 aliphatic carbocycles. The Morgan fingerprint density at radius 1 is 0.420 bits per heavy atom. The quantitative estimate of drug-likeness (QED) is 0.154. The van der Waals surface area contributed by atoms with Gasteiger partial charge in [0, 0.05) is 18.1 Å². The van der Waals surface area contributed by atoms with Crippen LogP contribution in [0.1, 0.15) is 33.4 Å². The van der Waals surface area contributed by atoms with Crippen molar-refractivity contribution < 1.29 is 0 Å². The Morgan fingerprint density at radius 3 is 1.30 bits per heavy atom. The first-order valence-electron chi connectivity index (χ1n) is 17.4. The van der Waals surface area contributed by atoms with Crippen LogP contribution in [-0.2, 0) is 0 Å². The maximum absolute atomic E-state index is 4.77. The van der Waals surface area contributed by atoms with E-state index in [2.05, 4.69) is 174 Å². The fourth-order valence-electron chi connectivity index (χ4n) is 7.71. The molecule has 0 saturated carbocycles. The van der Waals surface area contributed by atoms with Crippen LogP contribution in [0.25, 0.3) is 22.3 Å². The number of hydrogen-bond donors (Lipinski definition) is 0. The number of aryl methyl sites for hydroxylation is 6. The van der Waals surface area contributed by atoms with Gasteiger partial charge < -0.3 is 0 Å². The lowest BCUT2D eigenvalue weighted by molar-refractivity contribution is 1.08. The van der Waals surface area contributed by atoms with Crippen molar-refractivity contribution in [3.8, 4) is 22.3 Å². The fourth-order valence-corrected chi connectivity index (χ4v) is 7.71. The number of anilines is 3. The molecule has 0 N–H and O–H groups in total. The Hall–Kier alpha value is -5.74. The van der Waals surface area contributed by atoms with E-state index < -0.39 is 0 Å². The molecule has 7 rings (SSSR count). The molecule has 0 saturated heterocycles. The molecule has 1 aromatic heterocycles. The van der Waals surface area contributed by atoms with Crippen LogP contribution < -0.4 is 21.3 Å². The highest BCUT2D eigenvalue weighted by molar-refractivity contribution is 6.96. The SMILES string of the molecule is Cc1cc(C)c(B(c2ccc(N(c3cc(-c4ccccc4)cc(-c4ccccc4)c3)c3ncccn3)cc2)c2c(C)cc(C)cc2C)c(C)c1. The van der Waals surface area contributed by atoms with Crippen molar-refractivity contribution in [2.24, 2.45) is 0 Å². The van der Waals surface area contributed by atoms with Gasteiger partial charge in [0.2, 0.25) is 12.7 Å². The predicted octanol–water partition coefficient (Wildman–Crippen LogP) is 9.65. The van der Waals surface area contributed by atoms with E-state index in [1.165, 1.54) is 49.8 Å². The van der Waals surface area contributed by atoms with Gasteiger partial charge in [0.25, 0.3) is 0 Å². The zero-order chi connectivity index (χ0) is 34.8. The maximum atomic E-state index is 4.77. The van der Waals surface area contributed by atoms with Crippen LogP contribution in [0.5, 0.6) is 0 Å². The van der Waals surface area contributed by atoms with Gasteiger partial charge in [0.15, 0.2) is 0 Å². The molecule has 0 unspecified atom stereocenters. The molecule has 1 heterocycles. The van der Waals surface area contributed by atoms with Gasteiger partial charge in [-0.1, -0.05) is 147 Å². The summed E-state index contributed by atoms with van der Waals surface area (Å²) in [7, 11) is 0. The molecule has 0 radical (unpaired) electrons. The number of hydrogen-bond acceptors (Lipinski definition) is 3.